The maximum Gasteiger partial charge on any atom is 0.191 e. The van der Waals surface area contributed by atoms with Crippen molar-refractivity contribution in [1.29, 1.82) is 0 Å². The number of nitrogens with zero attached hydrogens (tertiary/aromatic N) is 1. The van der Waals surface area contributed by atoms with Crippen molar-refractivity contribution < 1.29 is 14.6 Å². The summed E-state index contributed by atoms with van der Waals surface area (Å²) in [4.78, 5) is 4.78. The second-order valence-electron chi connectivity index (χ2n) is 7.86. The summed E-state index contributed by atoms with van der Waals surface area (Å²) in [6, 6.07) is 17.1. The molecule has 0 amide bonds. The lowest BCUT2D eigenvalue weighted by Gasteiger charge is -2.30. The van der Waals surface area contributed by atoms with E-state index in [2.05, 4.69) is 47.9 Å². The largest absolute Gasteiger partial charge is 0.493 e. The maximum atomic E-state index is 8.95. The molecule has 0 saturated heterocycles. The molecular formula is C25H36IN3O3. The summed E-state index contributed by atoms with van der Waals surface area (Å²) in [5.74, 6) is 2.80. The number of aliphatic hydroxyl groups is 1. The third-order valence-corrected chi connectivity index (χ3v) is 5.68. The van der Waals surface area contributed by atoms with Gasteiger partial charge in [-0.05, 0) is 61.8 Å². The van der Waals surface area contributed by atoms with Crippen LogP contribution in [0.3, 0.4) is 0 Å². The number of ether oxygens (including phenoxy) is 2. The highest BCUT2D eigenvalue weighted by Gasteiger charge is 2.22. The molecule has 0 bridgehead atoms. The van der Waals surface area contributed by atoms with Crippen molar-refractivity contribution in [1.82, 2.24) is 10.6 Å². The predicted octanol–water partition coefficient (Wildman–Crippen LogP) is 4.47. The van der Waals surface area contributed by atoms with E-state index in [1.165, 1.54) is 18.4 Å². The van der Waals surface area contributed by atoms with Gasteiger partial charge in [-0.1, -0.05) is 36.4 Å². The Bertz CT molecular complexity index is 824. The van der Waals surface area contributed by atoms with E-state index in [1.54, 1.807) is 7.11 Å². The molecule has 1 aliphatic carbocycles. The third kappa shape index (κ3) is 7.85. The van der Waals surface area contributed by atoms with Gasteiger partial charge in [0, 0.05) is 12.6 Å². The second-order valence-corrected chi connectivity index (χ2v) is 7.86. The highest BCUT2D eigenvalue weighted by Crippen LogP contribution is 2.32. The highest BCUT2D eigenvalue weighted by atomic mass is 127. The molecule has 1 fully saturated rings. The molecular weight excluding hydrogens is 517 g/mol. The van der Waals surface area contributed by atoms with Crippen molar-refractivity contribution in [2.24, 2.45) is 4.99 Å². The van der Waals surface area contributed by atoms with Crippen LogP contribution in [-0.4, -0.2) is 44.0 Å². The van der Waals surface area contributed by atoms with Crippen molar-refractivity contribution in [2.75, 3.05) is 26.9 Å². The number of aliphatic hydroxyl groups excluding tert-OH is 1. The van der Waals surface area contributed by atoms with E-state index >= 15 is 0 Å². The molecule has 7 heteroatoms. The van der Waals surface area contributed by atoms with E-state index < -0.39 is 0 Å². The first-order valence-electron chi connectivity index (χ1n) is 11.2. The van der Waals surface area contributed by atoms with Gasteiger partial charge in [0.15, 0.2) is 17.5 Å². The number of hydrogen-bond acceptors (Lipinski definition) is 4. The molecule has 3 rings (SSSR count). The number of benzene rings is 2. The standard InChI is InChI=1S/C25H35N3O3.HI/c1-3-26-25(27-18-19-9-14-23(31-16-15-29)24(17-19)30-2)28-22-12-10-21(11-13-22)20-7-5-4-6-8-20;/h4-9,14,17,21-22,29H,3,10-13,15-16,18H2,1-2H3,(H2,26,27,28);1H. The van der Waals surface area contributed by atoms with Crippen molar-refractivity contribution in [2.45, 2.75) is 51.1 Å². The van der Waals surface area contributed by atoms with Crippen LogP contribution in [0.1, 0.15) is 49.7 Å². The van der Waals surface area contributed by atoms with Crippen molar-refractivity contribution in [3.8, 4) is 11.5 Å². The molecule has 32 heavy (non-hydrogen) atoms. The Labute approximate surface area is 208 Å². The van der Waals surface area contributed by atoms with Crippen LogP contribution in [0.2, 0.25) is 0 Å². The molecule has 1 saturated carbocycles. The average Bonchev–Trinajstić information content (AvgIpc) is 2.82. The number of halogens is 1. The van der Waals surface area contributed by atoms with Crippen LogP contribution in [0.25, 0.3) is 0 Å². The molecule has 2 aromatic rings. The van der Waals surface area contributed by atoms with Gasteiger partial charge in [-0.2, -0.15) is 0 Å². The molecule has 0 heterocycles. The number of rotatable bonds is 9. The molecule has 0 unspecified atom stereocenters. The Morgan fingerprint density at radius 1 is 1.06 bits per heavy atom. The Hall–Kier alpha value is -2.00. The fourth-order valence-electron chi connectivity index (χ4n) is 4.07. The van der Waals surface area contributed by atoms with Gasteiger partial charge in [-0.3, -0.25) is 0 Å². The van der Waals surface area contributed by atoms with E-state index in [4.69, 9.17) is 19.6 Å². The maximum absolute atomic E-state index is 8.95. The van der Waals surface area contributed by atoms with Gasteiger partial charge in [-0.25, -0.2) is 4.99 Å². The normalized spacial score (nSPS) is 18.4. The average molecular weight is 553 g/mol. The van der Waals surface area contributed by atoms with Gasteiger partial charge in [0.2, 0.25) is 0 Å². The van der Waals surface area contributed by atoms with Gasteiger partial charge in [0.1, 0.15) is 6.61 Å². The van der Waals surface area contributed by atoms with Crippen LogP contribution >= 0.6 is 24.0 Å². The first kappa shape index (κ1) is 26.3. The van der Waals surface area contributed by atoms with Crippen LogP contribution in [0.5, 0.6) is 11.5 Å². The molecule has 1 aliphatic rings. The lowest BCUT2D eigenvalue weighted by atomic mass is 9.82. The third-order valence-electron chi connectivity index (χ3n) is 5.68. The first-order valence-corrected chi connectivity index (χ1v) is 11.2. The fraction of sp³-hybridized carbons (Fsp3) is 0.480. The van der Waals surface area contributed by atoms with E-state index in [0.717, 1.165) is 30.9 Å². The molecule has 0 aliphatic heterocycles. The number of aliphatic imine (C=N–C) groups is 1. The SMILES string of the molecule is CCNC(=NCc1ccc(OCCO)c(OC)c1)NC1CCC(c2ccccc2)CC1.I. The smallest absolute Gasteiger partial charge is 0.191 e. The number of hydrogen-bond donors (Lipinski definition) is 3. The molecule has 0 atom stereocenters. The quantitative estimate of drug-likeness (QED) is 0.243. The minimum Gasteiger partial charge on any atom is -0.493 e. The lowest BCUT2D eigenvalue weighted by Crippen LogP contribution is -2.44. The summed E-state index contributed by atoms with van der Waals surface area (Å²) in [5, 5.41) is 15.9. The van der Waals surface area contributed by atoms with Gasteiger partial charge >= 0.3 is 0 Å². The van der Waals surface area contributed by atoms with Crippen LogP contribution in [0, 0.1) is 0 Å². The highest BCUT2D eigenvalue weighted by molar-refractivity contribution is 14.0. The van der Waals surface area contributed by atoms with Gasteiger partial charge in [-0.15, -0.1) is 24.0 Å². The van der Waals surface area contributed by atoms with E-state index in [1.807, 2.05) is 18.2 Å². The molecule has 0 spiro atoms. The number of guanidine groups is 1. The van der Waals surface area contributed by atoms with Crippen molar-refractivity contribution >= 4 is 29.9 Å². The Morgan fingerprint density at radius 3 is 2.47 bits per heavy atom. The summed E-state index contributed by atoms with van der Waals surface area (Å²) in [7, 11) is 1.62. The summed E-state index contributed by atoms with van der Waals surface area (Å²) in [6.45, 7) is 3.67. The van der Waals surface area contributed by atoms with Gasteiger partial charge < -0.3 is 25.2 Å². The van der Waals surface area contributed by atoms with Crippen LogP contribution < -0.4 is 20.1 Å². The number of methoxy groups -OCH3 is 1. The van der Waals surface area contributed by atoms with Crippen LogP contribution in [-0.2, 0) is 6.54 Å². The fourth-order valence-corrected chi connectivity index (χ4v) is 4.07. The summed E-state index contributed by atoms with van der Waals surface area (Å²) in [5.41, 5.74) is 2.50. The molecule has 176 valence electrons. The Kier molecular flexibility index (Phi) is 11.7. The summed E-state index contributed by atoms with van der Waals surface area (Å²) in [6.07, 6.45) is 4.70. The minimum atomic E-state index is -0.0276. The zero-order chi connectivity index (χ0) is 21.9. The van der Waals surface area contributed by atoms with Gasteiger partial charge in [0.05, 0.1) is 20.3 Å². The second kappa shape index (κ2) is 14.2. The molecule has 3 N–H and O–H groups in total. The zero-order valence-electron chi connectivity index (χ0n) is 19.0. The molecule has 6 nitrogen and oxygen atoms in total. The first-order chi connectivity index (χ1) is 15.2. The predicted molar refractivity (Wildman–Crippen MR) is 140 cm³/mol. The van der Waals surface area contributed by atoms with Gasteiger partial charge in [0.25, 0.3) is 0 Å². The van der Waals surface area contributed by atoms with E-state index in [-0.39, 0.29) is 37.2 Å². The van der Waals surface area contributed by atoms with E-state index in [0.29, 0.717) is 30.0 Å². The Morgan fingerprint density at radius 2 is 1.81 bits per heavy atom. The van der Waals surface area contributed by atoms with Crippen LogP contribution in [0.4, 0.5) is 0 Å². The Balaban J connectivity index is 0.00000363. The monoisotopic (exact) mass is 553 g/mol. The number of nitrogens with one attached hydrogen (secondary N) is 2. The summed E-state index contributed by atoms with van der Waals surface area (Å²) < 4.78 is 10.9. The molecule has 0 radical (unpaired) electrons. The van der Waals surface area contributed by atoms with E-state index in [9.17, 15) is 0 Å². The zero-order valence-corrected chi connectivity index (χ0v) is 21.4. The topological polar surface area (TPSA) is 75.1 Å². The summed E-state index contributed by atoms with van der Waals surface area (Å²) >= 11 is 0. The van der Waals surface area contributed by atoms with Crippen molar-refractivity contribution in [3.63, 3.8) is 0 Å². The molecule has 0 aromatic heterocycles. The lowest BCUT2D eigenvalue weighted by molar-refractivity contribution is 0.196. The minimum absolute atomic E-state index is 0. The van der Waals surface area contributed by atoms with Crippen LogP contribution in [0.15, 0.2) is 53.5 Å². The molecule has 2 aromatic carbocycles. The van der Waals surface area contributed by atoms with Crippen molar-refractivity contribution in [3.05, 3.63) is 59.7 Å².